The summed E-state index contributed by atoms with van der Waals surface area (Å²) >= 11 is 0. The molecule has 1 unspecified atom stereocenters. The molecule has 2 rings (SSSR count). The third-order valence-corrected chi connectivity index (χ3v) is 3.94. The molecule has 0 saturated heterocycles. The van der Waals surface area contributed by atoms with E-state index in [9.17, 15) is 0 Å². The summed E-state index contributed by atoms with van der Waals surface area (Å²) in [6.45, 7) is 15.2. The number of aryl methyl sites for hydroxylation is 2. The summed E-state index contributed by atoms with van der Waals surface area (Å²) in [5, 5.41) is 0. The Morgan fingerprint density at radius 2 is 2.10 bits per heavy atom. The molecule has 0 amide bonds. The molecule has 0 fully saturated rings. The summed E-state index contributed by atoms with van der Waals surface area (Å²) in [5.41, 5.74) is 4.90. The van der Waals surface area contributed by atoms with Crippen LogP contribution in [0.15, 0.2) is 54.3 Å². The topological polar surface area (TPSA) is 17.8 Å². The number of imidazole rings is 1. The Labute approximate surface area is 122 Å². The van der Waals surface area contributed by atoms with Crippen molar-refractivity contribution in [3.8, 4) is 0 Å². The first kappa shape index (κ1) is 14.6. The van der Waals surface area contributed by atoms with Gasteiger partial charge in [0, 0.05) is 25.1 Å². The van der Waals surface area contributed by atoms with Gasteiger partial charge >= 0.3 is 0 Å². The Morgan fingerprint density at radius 1 is 1.35 bits per heavy atom. The van der Waals surface area contributed by atoms with E-state index >= 15 is 0 Å². The fraction of sp³-hybridized carbons (Fsp3) is 0.389. The van der Waals surface area contributed by atoms with Crippen LogP contribution in [0.5, 0.6) is 0 Å². The van der Waals surface area contributed by atoms with Crippen molar-refractivity contribution in [3.05, 3.63) is 65.8 Å². The van der Waals surface area contributed by atoms with Gasteiger partial charge in [0.25, 0.3) is 0 Å². The lowest BCUT2D eigenvalue weighted by atomic mass is 9.89. The van der Waals surface area contributed by atoms with E-state index in [1.165, 1.54) is 22.5 Å². The molecule has 106 valence electrons. The van der Waals surface area contributed by atoms with Crippen molar-refractivity contribution in [1.82, 2.24) is 9.55 Å². The highest BCUT2D eigenvalue weighted by Gasteiger charge is 2.21. The maximum atomic E-state index is 4.57. The minimum absolute atomic E-state index is 0.517. The van der Waals surface area contributed by atoms with Crippen molar-refractivity contribution in [2.75, 3.05) is 0 Å². The van der Waals surface area contributed by atoms with Crippen LogP contribution in [0, 0.1) is 12.8 Å². The molecule has 0 aliphatic carbocycles. The Balaban J connectivity index is 2.26. The maximum Gasteiger partial charge on any atom is 0.108 e. The van der Waals surface area contributed by atoms with Gasteiger partial charge < -0.3 is 4.57 Å². The lowest BCUT2D eigenvalue weighted by Crippen LogP contribution is -2.21. The lowest BCUT2D eigenvalue weighted by Gasteiger charge is -2.25. The molecule has 0 spiro atoms. The fourth-order valence-electron chi connectivity index (χ4n) is 2.79. The van der Waals surface area contributed by atoms with E-state index in [2.05, 4.69) is 55.8 Å². The van der Waals surface area contributed by atoms with Gasteiger partial charge in [-0.1, -0.05) is 37.0 Å². The van der Waals surface area contributed by atoms with E-state index in [0.29, 0.717) is 5.92 Å². The Morgan fingerprint density at radius 3 is 2.70 bits per heavy atom. The largest absolute Gasteiger partial charge is 0.334 e. The van der Waals surface area contributed by atoms with Crippen LogP contribution in [0.1, 0.15) is 31.8 Å². The van der Waals surface area contributed by atoms with E-state index in [-0.39, 0.29) is 0 Å². The molecule has 2 heterocycles. The number of fused-ring (bicyclic) bond motifs is 1. The highest BCUT2D eigenvalue weighted by Crippen LogP contribution is 2.28. The minimum atomic E-state index is 0.517. The molecule has 1 aromatic rings. The second-order valence-electron chi connectivity index (χ2n) is 5.69. The molecule has 2 nitrogen and oxygen atoms in total. The second kappa shape index (κ2) is 6.08. The Kier molecular flexibility index (Phi) is 4.43. The minimum Gasteiger partial charge on any atom is -0.334 e. The van der Waals surface area contributed by atoms with Gasteiger partial charge in [0.2, 0.25) is 0 Å². The van der Waals surface area contributed by atoms with Crippen LogP contribution in [-0.2, 0) is 13.0 Å². The van der Waals surface area contributed by atoms with Crippen LogP contribution in [-0.4, -0.2) is 9.55 Å². The normalized spacial score (nSPS) is 18.4. The zero-order valence-electron chi connectivity index (χ0n) is 12.8. The number of hydrogen-bond donors (Lipinski definition) is 0. The molecule has 1 aliphatic heterocycles. The summed E-state index contributed by atoms with van der Waals surface area (Å²) in [7, 11) is 0. The van der Waals surface area contributed by atoms with Crippen LogP contribution in [0.3, 0.4) is 0 Å². The van der Waals surface area contributed by atoms with Crippen molar-refractivity contribution in [2.45, 2.75) is 40.2 Å². The number of rotatable bonds is 4. The summed E-state index contributed by atoms with van der Waals surface area (Å²) in [6, 6.07) is 0. The van der Waals surface area contributed by atoms with E-state index < -0.39 is 0 Å². The van der Waals surface area contributed by atoms with Crippen molar-refractivity contribution in [1.29, 1.82) is 0 Å². The van der Waals surface area contributed by atoms with Gasteiger partial charge in [-0.25, -0.2) is 4.98 Å². The molecule has 0 saturated carbocycles. The van der Waals surface area contributed by atoms with Crippen molar-refractivity contribution in [3.63, 3.8) is 0 Å². The first-order valence-electron chi connectivity index (χ1n) is 7.21. The molecule has 1 atom stereocenters. The molecule has 0 bridgehead atoms. The molecule has 1 aliphatic rings. The molecule has 0 radical (unpaired) electrons. The van der Waals surface area contributed by atoms with Gasteiger partial charge in [-0.15, -0.1) is 0 Å². The van der Waals surface area contributed by atoms with E-state index in [1.54, 1.807) is 0 Å². The summed E-state index contributed by atoms with van der Waals surface area (Å²) in [4.78, 5) is 4.57. The highest BCUT2D eigenvalue weighted by molar-refractivity contribution is 5.39. The van der Waals surface area contributed by atoms with E-state index in [4.69, 9.17) is 0 Å². The SMILES string of the molecule is C=CC(/C=C(\C=C)C1CCc2nc(C)cn2C1)=C(C)C. The van der Waals surface area contributed by atoms with E-state index in [0.717, 1.165) is 25.1 Å². The second-order valence-corrected chi connectivity index (χ2v) is 5.69. The highest BCUT2D eigenvalue weighted by atomic mass is 15.1. The monoisotopic (exact) mass is 268 g/mol. The third-order valence-electron chi connectivity index (χ3n) is 3.94. The standard InChI is InChI=1S/C18H24N2/c1-6-15(13(3)4)10-16(7-2)17-8-9-18-19-14(5)11-20(18)12-17/h6-7,10-11,17H,1-2,8-9,12H2,3-5H3/b16-10+. The van der Waals surface area contributed by atoms with Gasteiger partial charge in [-0.2, -0.15) is 0 Å². The van der Waals surface area contributed by atoms with Crippen molar-refractivity contribution in [2.24, 2.45) is 5.92 Å². The third kappa shape index (κ3) is 3.01. The van der Waals surface area contributed by atoms with Gasteiger partial charge in [0.15, 0.2) is 0 Å². The Hall–Kier alpha value is -1.83. The molecule has 0 aromatic carbocycles. The fourth-order valence-corrected chi connectivity index (χ4v) is 2.79. The predicted molar refractivity (Wildman–Crippen MR) is 85.6 cm³/mol. The zero-order chi connectivity index (χ0) is 14.7. The quantitative estimate of drug-likeness (QED) is 0.741. The summed E-state index contributed by atoms with van der Waals surface area (Å²) in [6.07, 6.45) is 10.5. The average Bonchev–Trinajstić information content (AvgIpc) is 2.78. The van der Waals surface area contributed by atoms with Crippen LogP contribution < -0.4 is 0 Å². The average molecular weight is 268 g/mol. The molecular weight excluding hydrogens is 244 g/mol. The van der Waals surface area contributed by atoms with Crippen molar-refractivity contribution < 1.29 is 0 Å². The first-order chi connectivity index (χ1) is 9.55. The van der Waals surface area contributed by atoms with Gasteiger partial charge in [-0.3, -0.25) is 0 Å². The van der Waals surface area contributed by atoms with Gasteiger partial charge in [-0.05, 0) is 38.3 Å². The Bertz CT molecular complexity index is 581. The smallest absolute Gasteiger partial charge is 0.108 e. The molecule has 1 aromatic heterocycles. The summed E-state index contributed by atoms with van der Waals surface area (Å²) in [5.74, 6) is 1.73. The lowest BCUT2D eigenvalue weighted by molar-refractivity contribution is 0.418. The van der Waals surface area contributed by atoms with Crippen molar-refractivity contribution >= 4 is 0 Å². The zero-order valence-corrected chi connectivity index (χ0v) is 12.8. The number of aromatic nitrogens is 2. The predicted octanol–water partition coefficient (Wildman–Crippen LogP) is 4.39. The number of hydrogen-bond acceptors (Lipinski definition) is 1. The first-order valence-corrected chi connectivity index (χ1v) is 7.21. The number of nitrogens with zero attached hydrogens (tertiary/aromatic N) is 2. The molecule has 2 heteroatoms. The number of allylic oxidation sites excluding steroid dienone is 6. The molecule has 0 N–H and O–H groups in total. The summed E-state index contributed by atoms with van der Waals surface area (Å²) < 4.78 is 2.29. The van der Waals surface area contributed by atoms with Gasteiger partial charge in [0.05, 0.1) is 5.69 Å². The van der Waals surface area contributed by atoms with Gasteiger partial charge in [0.1, 0.15) is 5.82 Å². The van der Waals surface area contributed by atoms with Crippen LogP contribution in [0.4, 0.5) is 0 Å². The maximum absolute atomic E-state index is 4.57. The van der Waals surface area contributed by atoms with Crippen LogP contribution in [0.2, 0.25) is 0 Å². The van der Waals surface area contributed by atoms with E-state index in [1.807, 2.05) is 12.2 Å². The molecule has 20 heavy (non-hydrogen) atoms. The van der Waals surface area contributed by atoms with Crippen LogP contribution in [0.25, 0.3) is 0 Å². The molecular formula is C18H24N2. The van der Waals surface area contributed by atoms with Crippen LogP contribution >= 0.6 is 0 Å².